The molecule has 0 spiro atoms. The highest BCUT2D eigenvalue weighted by Gasteiger charge is 2.32. The van der Waals surface area contributed by atoms with Gasteiger partial charge in [-0.25, -0.2) is 0 Å². The van der Waals surface area contributed by atoms with Crippen molar-refractivity contribution in [3.63, 3.8) is 0 Å². The Kier molecular flexibility index (Phi) is 9.95. The van der Waals surface area contributed by atoms with E-state index in [4.69, 9.17) is 4.74 Å². The number of halogens is 3. The summed E-state index contributed by atoms with van der Waals surface area (Å²) in [6.07, 6.45) is 5.03. The SMILES string of the molecule is CC(C)N1CCC(N(Cc2cncc(N(C)c3ccncc3)c2)C(=O)/C(=C\c2ccc(C(F)(F)F)cc2)OC=O)CC1. The molecule has 0 saturated carbocycles. The Bertz CT molecular complexity index is 1370. The van der Waals surface area contributed by atoms with Crippen LogP contribution in [0.3, 0.4) is 0 Å². The van der Waals surface area contributed by atoms with Crippen molar-refractivity contribution in [2.45, 2.75) is 51.5 Å². The molecule has 0 unspecified atom stereocenters. The molecule has 11 heteroatoms. The van der Waals surface area contributed by atoms with E-state index in [-0.39, 0.29) is 24.8 Å². The second-order valence-electron chi connectivity index (χ2n) is 10.5. The van der Waals surface area contributed by atoms with Crippen LogP contribution in [-0.2, 0) is 27.0 Å². The minimum absolute atomic E-state index is 0.152. The first-order valence-electron chi connectivity index (χ1n) is 13.7. The van der Waals surface area contributed by atoms with Crippen molar-refractivity contribution < 1.29 is 27.5 Å². The van der Waals surface area contributed by atoms with Crippen LogP contribution in [0.15, 0.2) is 73.0 Å². The number of benzene rings is 1. The van der Waals surface area contributed by atoms with Crippen molar-refractivity contribution in [3.05, 3.63) is 89.7 Å². The van der Waals surface area contributed by atoms with Crippen LogP contribution in [-0.4, -0.2) is 64.4 Å². The first-order chi connectivity index (χ1) is 20.1. The number of amides is 1. The molecule has 1 aromatic carbocycles. The van der Waals surface area contributed by atoms with Gasteiger partial charge in [-0.15, -0.1) is 0 Å². The zero-order chi connectivity index (χ0) is 30.3. The number of likely N-dealkylation sites (tertiary alicyclic amines) is 1. The molecule has 1 saturated heterocycles. The Labute approximate surface area is 243 Å². The van der Waals surface area contributed by atoms with Gasteiger partial charge >= 0.3 is 6.18 Å². The van der Waals surface area contributed by atoms with Crippen molar-refractivity contribution >= 4 is 29.8 Å². The molecular formula is C31H34F3N5O3. The summed E-state index contributed by atoms with van der Waals surface area (Å²) in [5.74, 6) is -0.799. The van der Waals surface area contributed by atoms with E-state index < -0.39 is 17.6 Å². The summed E-state index contributed by atoms with van der Waals surface area (Å²) >= 11 is 0. The van der Waals surface area contributed by atoms with Crippen molar-refractivity contribution in [1.29, 1.82) is 0 Å². The van der Waals surface area contributed by atoms with E-state index >= 15 is 0 Å². The van der Waals surface area contributed by atoms with E-state index in [0.717, 1.165) is 42.2 Å². The number of hydrogen-bond donors (Lipinski definition) is 0. The summed E-state index contributed by atoms with van der Waals surface area (Å²) in [7, 11) is 1.91. The van der Waals surface area contributed by atoms with Crippen LogP contribution in [0.1, 0.15) is 43.4 Å². The van der Waals surface area contributed by atoms with Gasteiger partial charge in [-0.3, -0.25) is 19.6 Å². The number of nitrogens with zero attached hydrogens (tertiary/aromatic N) is 5. The van der Waals surface area contributed by atoms with Crippen molar-refractivity contribution in [2.75, 3.05) is 25.0 Å². The largest absolute Gasteiger partial charge is 0.423 e. The average molecular weight is 582 g/mol. The summed E-state index contributed by atoms with van der Waals surface area (Å²) in [5, 5.41) is 0. The van der Waals surface area contributed by atoms with Gasteiger partial charge in [0.15, 0.2) is 5.76 Å². The number of aromatic nitrogens is 2. The third-order valence-corrected chi connectivity index (χ3v) is 7.42. The fourth-order valence-corrected chi connectivity index (χ4v) is 5.00. The first kappa shape index (κ1) is 30.7. The van der Waals surface area contributed by atoms with E-state index in [1.807, 2.05) is 30.1 Å². The predicted octanol–water partition coefficient (Wildman–Crippen LogP) is 5.68. The maximum atomic E-state index is 14.0. The summed E-state index contributed by atoms with van der Waals surface area (Å²) < 4.78 is 44.2. The molecular weight excluding hydrogens is 547 g/mol. The van der Waals surface area contributed by atoms with E-state index in [2.05, 4.69) is 28.7 Å². The number of pyridine rings is 2. The monoisotopic (exact) mass is 581 g/mol. The maximum absolute atomic E-state index is 14.0. The van der Waals surface area contributed by atoms with Crippen molar-refractivity contribution in [1.82, 2.24) is 19.8 Å². The van der Waals surface area contributed by atoms with Crippen LogP contribution in [0.25, 0.3) is 6.08 Å². The second kappa shape index (κ2) is 13.6. The highest BCUT2D eigenvalue weighted by atomic mass is 19.4. The molecule has 0 bridgehead atoms. The van der Waals surface area contributed by atoms with Crippen LogP contribution in [0.5, 0.6) is 0 Å². The Morgan fingerprint density at radius 2 is 1.71 bits per heavy atom. The van der Waals surface area contributed by atoms with Crippen LogP contribution < -0.4 is 4.90 Å². The Balaban J connectivity index is 1.64. The topological polar surface area (TPSA) is 78.9 Å². The fraction of sp³-hybridized carbons (Fsp3) is 0.355. The van der Waals surface area contributed by atoms with Crippen LogP contribution >= 0.6 is 0 Å². The van der Waals surface area contributed by atoms with Gasteiger partial charge in [-0.1, -0.05) is 12.1 Å². The Morgan fingerprint density at radius 1 is 1.05 bits per heavy atom. The quantitative estimate of drug-likeness (QED) is 0.173. The van der Waals surface area contributed by atoms with Crippen molar-refractivity contribution in [3.8, 4) is 0 Å². The third kappa shape index (κ3) is 7.73. The molecule has 222 valence electrons. The van der Waals surface area contributed by atoms with Gasteiger partial charge in [0.25, 0.3) is 12.4 Å². The highest BCUT2D eigenvalue weighted by molar-refractivity contribution is 5.97. The fourth-order valence-electron chi connectivity index (χ4n) is 5.00. The molecule has 4 rings (SSSR count). The molecule has 0 atom stereocenters. The Morgan fingerprint density at radius 3 is 2.31 bits per heavy atom. The zero-order valence-corrected chi connectivity index (χ0v) is 23.8. The molecule has 0 radical (unpaired) electrons. The molecule has 1 fully saturated rings. The lowest BCUT2D eigenvalue weighted by atomic mass is 10.0. The molecule has 8 nitrogen and oxygen atoms in total. The number of alkyl halides is 3. The number of piperidine rings is 1. The van der Waals surface area contributed by atoms with Crippen LogP contribution in [0.2, 0.25) is 0 Å². The summed E-state index contributed by atoms with van der Waals surface area (Å²) in [4.78, 5) is 39.8. The van der Waals surface area contributed by atoms with Crippen LogP contribution in [0, 0.1) is 0 Å². The van der Waals surface area contributed by atoms with E-state index in [1.165, 1.54) is 18.2 Å². The number of ether oxygens (including phenoxy) is 1. The minimum Gasteiger partial charge on any atom is -0.423 e. The third-order valence-electron chi connectivity index (χ3n) is 7.42. The van der Waals surface area contributed by atoms with Gasteiger partial charge in [0.2, 0.25) is 0 Å². The second-order valence-corrected chi connectivity index (χ2v) is 10.5. The predicted molar refractivity (Wildman–Crippen MR) is 153 cm³/mol. The molecule has 1 aliphatic heterocycles. The van der Waals surface area contributed by atoms with Gasteiger partial charge in [0.05, 0.1) is 17.4 Å². The number of anilines is 2. The number of carbonyl (C=O) groups excluding carboxylic acids is 2. The van der Waals surface area contributed by atoms with E-state index in [9.17, 15) is 22.8 Å². The summed E-state index contributed by atoms with van der Waals surface area (Å²) in [6, 6.07) is 10.2. The van der Waals surface area contributed by atoms with Gasteiger partial charge in [-0.2, -0.15) is 13.2 Å². The van der Waals surface area contributed by atoms with Gasteiger partial charge in [0.1, 0.15) is 0 Å². The number of carbonyl (C=O) groups is 2. The molecule has 0 aliphatic carbocycles. The summed E-state index contributed by atoms with van der Waals surface area (Å²) in [5.41, 5.74) is 1.98. The molecule has 0 N–H and O–H groups in total. The molecule has 3 aromatic rings. The highest BCUT2D eigenvalue weighted by Crippen LogP contribution is 2.30. The molecule has 3 heterocycles. The van der Waals surface area contributed by atoms with Gasteiger partial charge in [-0.05, 0) is 74.2 Å². The minimum atomic E-state index is -4.49. The maximum Gasteiger partial charge on any atom is 0.416 e. The first-order valence-corrected chi connectivity index (χ1v) is 13.7. The Hall–Kier alpha value is -4.25. The normalized spacial score (nSPS) is 15.0. The van der Waals surface area contributed by atoms with E-state index in [1.54, 1.807) is 29.7 Å². The number of hydrogen-bond acceptors (Lipinski definition) is 7. The van der Waals surface area contributed by atoms with E-state index in [0.29, 0.717) is 24.4 Å². The smallest absolute Gasteiger partial charge is 0.416 e. The summed E-state index contributed by atoms with van der Waals surface area (Å²) in [6.45, 7) is 6.19. The van der Waals surface area contributed by atoms with Crippen molar-refractivity contribution in [2.24, 2.45) is 0 Å². The lowest BCUT2D eigenvalue weighted by Crippen LogP contribution is -2.49. The number of rotatable bonds is 10. The molecule has 1 amide bonds. The lowest BCUT2D eigenvalue weighted by Gasteiger charge is -2.40. The van der Waals surface area contributed by atoms with Gasteiger partial charge in [0, 0.05) is 63.0 Å². The zero-order valence-electron chi connectivity index (χ0n) is 23.8. The average Bonchev–Trinajstić information content (AvgIpc) is 2.99. The molecule has 1 aliphatic rings. The lowest BCUT2D eigenvalue weighted by molar-refractivity contribution is -0.139. The molecule has 2 aromatic heterocycles. The molecule has 42 heavy (non-hydrogen) atoms. The van der Waals surface area contributed by atoms with Crippen LogP contribution in [0.4, 0.5) is 24.5 Å². The standard InChI is InChI=1S/C31H34F3N5O3/c1-22(2)38-14-10-27(11-15-38)39(20-24-16-28(19-36-18-24)37(3)26-8-12-35-13-9-26)30(41)29(42-21-40)17-23-4-6-25(7-5-23)31(32,33)34/h4-9,12-13,16-19,21-22,27H,10-11,14-15,20H2,1-3H3/b29-17+. The van der Waals surface area contributed by atoms with Gasteiger partial charge < -0.3 is 19.4 Å².